The number of para-hydroxylation sites is 1. The van der Waals surface area contributed by atoms with Crippen LogP contribution < -0.4 is 19.5 Å². The van der Waals surface area contributed by atoms with Crippen LogP contribution in [0.2, 0.25) is 0 Å². The van der Waals surface area contributed by atoms with E-state index in [0.717, 1.165) is 33.3 Å². The Kier molecular flexibility index (Phi) is 8.51. The fourth-order valence-electron chi connectivity index (χ4n) is 4.64. The minimum atomic E-state index is -0.223. The molecule has 0 atom stereocenters. The van der Waals surface area contributed by atoms with Gasteiger partial charge in [-0.3, -0.25) is 0 Å². The molecular weight excluding hydrogens is 502 g/mol. The first-order chi connectivity index (χ1) is 19.6. The summed E-state index contributed by atoms with van der Waals surface area (Å²) in [4.78, 5) is 18.8. The van der Waals surface area contributed by atoms with E-state index in [-0.39, 0.29) is 6.03 Å². The van der Waals surface area contributed by atoms with E-state index >= 15 is 0 Å². The lowest BCUT2D eigenvalue weighted by atomic mass is 10.1. The highest BCUT2D eigenvalue weighted by molar-refractivity contribution is 5.91. The van der Waals surface area contributed by atoms with Crippen LogP contribution >= 0.6 is 0 Å². The fourth-order valence-corrected chi connectivity index (χ4v) is 4.64. The smallest absolute Gasteiger partial charge is 0.322 e. The first-order valence-corrected chi connectivity index (χ1v) is 13.2. The number of H-pyrrole nitrogens is 1. The molecule has 0 aliphatic carbocycles. The number of aromatic amines is 1. The molecule has 5 aromatic rings. The van der Waals surface area contributed by atoms with Gasteiger partial charge >= 0.3 is 6.03 Å². The van der Waals surface area contributed by atoms with E-state index in [1.54, 1.807) is 32.4 Å². The third-order valence-electron chi connectivity index (χ3n) is 6.78. The summed E-state index contributed by atoms with van der Waals surface area (Å²) in [6.45, 7) is 1.41. The highest BCUT2D eigenvalue weighted by Crippen LogP contribution is 2.29. The summed E-state index contributed by atoms with van der Waals surface area (Å²) >= 11 is 0. The zero-order valence-corrected chi connectivity index (χ0v) is 22.7. The molecule has 1 heterocycles. The van der Waals surface area contributed by atoms with E-state index in [9.17, 15) is 4.79 Å². The van der Waals surface area contributed by atoms with Crippen LogP contribution in [-0.2, 0) is 19.6 Å². The molecule has 0 aliphatic rings. The molecule has 40 heavy (non-hydrogen) atoms. The number of aromatic nitrogens is 1. The van der Waals surface area contributed by atoms with E-state index in [4.69, 9.17) is 14.2 Å². The SMILES string of the molecule is COc1ccc(NC(=O)N(CCc2c[nH]c3ccccc23)Cc2cccc(OCc3ccccc3)c2)c(OC)c1. The Morgan fingerprint density at radius 3 is 2.45 bits per heavy atom. The molecule has 0 aliphatic heterocycles. The molecule has 0 bridgehead atoms. The van der Waals surface area contributed by atoms with Crippen molar-refractivity contribution in [2.75, 3.05) is 26.1 Å². The van der Waals surface area contributed by atoms with Gasteiger partial charge in [-0.15, -0.1) is 0 Å². The van der Waals surface area contributed by atoms with Crippen LogP contribution in [0.4, 0.5) is 10.5 Å². The number of carbonyl (C=O) groups is 1. The van der Waals surface area contributed by atoms with Crippen molar-refractivity contribution in [1.29, 1.82) is 0 Å². The molecule has 0 saturated carbocycles. The van der Waals surface area contributed by atoms with Crippen molar-refractivity contribution in [3.05, 3.63) is 120 Å². The number of rotatable bonds is 11. The standard InChI is InChI=1S/C33H33N3O4/c1-38-27-15-16-31(32(20-27)39-2)35-33(37)36(18-17-26-21-34-30-14-7-6-13-29(26)30)22-25-11-8-12-28(19-25)40-23-24-9-4-3-5-10-24/h3-16,19-21,34H,17-18,22-23H2,1-2H3,(H,35,37). The Hall–Kier alpha value is -4.91. The number of anilines is 1. The summed E-state index contributed by atoms with van der Waals surface area (Å²) in [5.41, 5.74) is 4.89. The Labute approximate surface area is 234 Å². The second kappa shape index (κ2) is 12.8. The van der Waals surface area contributed by atoms with Gasteiger partial charge in [-0.05, 0) is 53.4 Å². The van der Waals surface area contributed by atoms with Crippen LogP contribution in [0.1, 0.15) is 16.7 Å². The molecule has 7 heteroatoms. The molecule has 204 valence electrons. The summed E-state index contributed by atoms with van der Waals surface area (Å²) in [6.07, 6.45) is 2.71. The number of benzene rings is 4. The lowest BCUT2D eigenvalue weighted by Crippen LogP contribution is -2.36. The van der Waals surface area contributed by atoms with Gasteiger partial charge in [0.2, 0.25) is 0 Å². The molecule has 7 nitrogen and oxygen atoms in total. The van der Waals surface area contributed by atoms with Crippen molar-refractivity contribution in [2.45, 2.75) is 19.6 Å². The zero-order chi connectivity index (χ0) is 27.7. The van der Waals surface area contributed by atoms with E-state index < -0.39 is 0 Å². The number of urea groups is 1. The number of methoxy groups -OCH3 is 2. The quantitative estimate of drug-likeness (QED) is 0.190. The molecular formula is C33H33N3O4. The van der Waals surface area contributed by atoms with Gasteiger partial charge in [0.25, 0.3) is 0 Å². The number of nitrogens with one attached hydrogen (secondary N) is 2. The summed E-state index contributed by atoms with van der Waals surface area (Å²) in [7, 11) is 3.16. The van der Waals surface area contributed by atoms with Crippen LogP contribution in [0.25, 0.3) is 10.9 Å². The number of carbonyl (C=O) groups excluding carboxylic acids is 1. The van der Waals surface area contributed by atoms with E-state index in [1.807, 2.05) is 77.8 Å². The zero-order valence-electron chi connectivity index (χ0n) is 22.7. The maximum atomic E-state index is 13.6. The number of fused-ring (bicyclic) bond motifs is 1. The van der Waals surface area contributed by atoms with Crippen molar-refractivity contribution in [3.63, 3.8) is 0 Å². The van der Waals surface area contributed by atoms with Gasteiger partial charge in [-0.25, -0.2) is 4.79 Å². The Bertz CT molecular complexity index is 1560. The van der Waals surface area contributed by atoms with Crippen LogP contribution in [0.15, 0.2) is 103 Å². The van der Waals surface area contributed by atoms with E-state index in [2.05, 4.69) is 22.4 Å². The highest BCUT2D eigenvalue weighted by Gasteiger charge is 2.18. The number of ether oxygens (including phenoxy) is 3. The first kappa shape index (κ1) is 26.7. The summed E-state index contributed by atoms with van der Waals surface area (Å²) in [6, 6.07) is 31.2. The van der Waals surface area contributed by atoms with Crippen molar-refractivity contribution >= 4 is 22.6 Å². The molecule has 0 saturated heterocycles. The number of amides is 2. The molecule has 2 N–H and O–H groups in total. The molecule has 1 aromatic heterocycles. The maximum absolute atomic E-state index is 13.6. The predicted molar refractivity (Wildman–Crippen MR) is 158 cm³/mol. The van der Waals surface area contributed by atoms with Gasteiger partial charge < -0.3 is 29.4 Å². The van der Waals surface area contributed by atoms with Crippen LogP contribution in [-0.4, -0.2) is 36.7 Å². The number of hydrogen-bond acceptors (Lipinski definition) is 4. The minimum absolute atomic E-state index is 0.223. The summed E-state index contributed by atoms with van der Waals surface area (Å²) in [5, 5.41) is 4.19. The monoisotopic (exact) mass is 535 g/mol. The van der Waals surface area contributed by atoms with Gasteiger partial charge in [0, 0.05) is 36.3 Å². The topological polar surface area (TPSA) is 75.8 Å². The van der Waals surface area contributed by atoms with Gasteiger partial charge in [-0.1, -0.05) is 60.7 Å². The second-order valence-corrected chi connectivity index (χ2v) is 9.45. The van der Waals surface area contributed by atoms with Crippen molar-refractivity contribution < 1.29 is 19.0 Å². The average Bonchev–Trinajstić information content (AvgIpc) is 3.42. The molecule has 0 spiro atoms. The maximum Gasteiger partial charge on any atom is 0.322 e. The van der Waals surface area contributed by atoms with E-state index in [0.29, 0.717) is 43.3 Å². The van der Waals surface area contributed by atoms with Crippen LogP contribution in [0, 0.1) is 0 Å². The second-order valence-electron chi connectivity index (χ2n) is 9.45. The van der Waals surface area contributed by atoms with Gasteiger partial charge in [-0.2, -0.15) is 0 Å². The lowest BCUT2D eigenvalue weighted by molar-refractivity contribution is 0.209. The van der Waals surface area contributed by atoms with Gasteiger partial charge in [0.15, 0.2) is 0 Å². The Morgan fingerprint density at radius 2 is 1.62 bits per heavy atom. The normalized spacial score (nSPS) is 10.8. The molecule has 0 unspecified atom stereocenters. The number of nitrogens with zero attached hydrogens (tertiary/aromatic N) is 1. The third kappa shape index (κ3) is 6.56. The predicted octanol–water partition coefficient (Wildman–Crippen LogP) is 7.04. The van der Waals surface area contributed by atoms with Gasteiger partial charge in [0.1, 0.15) is 23.9 Å². The van der Waals surface area contributed by atoms with Crippen molar-refractivity contribution in [1.82, 2.24) is 9.88 Å². The number of hydrogen-bond donors (Lipinski definition) is 2. The summed E-state index contributed by atoms with van der Waals surface area (Å²) in [5.74, 6) is 1.94. The highest BCUT2D eigenvalue weighted by atomic mass is 16.5. The van der Waals surface area contributed by atoms with Crippen molar-refractivity contribution in [3.8, 4) is 17.2 Å². The average molecular weight is 536 g/mol. The van der Waals surface area contributed by atoms with Gasteiger partial charge in [0.05, 0.1) is 19.9 Å². The first-order valence-electron chi connectivity index (χ1n) is 13.2. The van der Waals surface area contributed by atoms with Crippen LogP contribution in [0.3, 0.4) is 0 Å². The Balaban J connectivity index is 1.34. The Morgan fingerprint density at radius 1 is 0.825 bits per heavy atom. The third-order valence-corrected chi connectivity index (χ3v) is 6.78. The molecule has 0 fully saturated rings. The van der Waals surface area contributed by atoms with Crippen molar-refractivity contribution in [2.24, 2.45) is 0 Å². The lowest BCUT2D eigenvalue weighted by Gasteiger charge is -2.24. The fraction of sp³-hybridized carbons (Fsp3) is 0.182. The molecule has 5 rings (SSSR count). The molecule has 0 radical (unpaired) electrons. The molecule has 2 amide bonds. The van der Waals surface area contributed by atoms with Crippen LogP contribution in [0.5, 0.6) is 17.2 Å². The largest absolute Gasteiger partial charge is 0.497 e. The van der Waals surface area contributed by atoms with E-state index in [1.165, 1.54) is 0 Å². The summed E-state index contributed by atoms with van der Waals surface area (Å²) < 4.78 is 16.8. The minimum Gasteiger partial charge on any atom is -0.497 e. The molecule has 4 aromatic carbocycles.